The Kier molecular flexibility index (Phi) is 2.11. The smallest absolute Gasteiger partial charge is 0.326 e. The maximum Gasteiger partial charge on any atom is 0.326 e. The first kappa shape index (κ1) is 9.59. The third-order valence-corrected chi connectivity index (χ3v) is 2.25. The molecule has 0 atom stereocenters. The van der Waals surface area contributed by atoms with Gasteiger partial charge in [-0.05, 0) is 12.1 Å². The van der Waals surface area contributed by atoms with Crippen molar-refractivity contribution in [1.29, 1.82) is 0 Å². The van der Waals surface area contributed by atoms with Crippen LogP contribution in [0.15, 0.2) is 36.7 Å². The van der Waals surface area contributed by atoms with Crippen LogP contribution in [0.1, 0.15) is 0 Å². The Bertz CT molecular complexity index is 649. The van der Waals surface area contributed by atoms with E-state index in [-0.39, 0.29) is 6.01 Å². The van der Waals surface area contributed by atoms with Crippen molar-refractivity contribution in [3.63, 3.8) is 0 Å². The molecule has 0 saturated heterocycles. The number of para-hydroxylation sites is 1. The van der Waals surface area contributed by atoms with Crippen LogP contribution in [0.25, 0.3) is 11.2 Å². The topological polar surface area (TPSA) is 89.7 Å². The molecule has 0 fully saturated rings. The van der Waals surface area contributed by atoms with E-state index in [9.17, 15) is 0 Å². The van der Waals surface area contributed by atoms with Gasteiger partial charge in [0.1, 0.15) is 11.3 Å². The standard InChI is InChI=1S/C11H9N5O/c12-9-8-10(14-6-13-8)16-11(15-9)17-7-4-2-1-3-5-7/h1-6H,(H3,12,13,14,15,16). The first-order valence-electron chi connectivity index (χ1n) is 5.02. The van der Waals surface area contributed by atoms with E-state index in [4.69, 9.17) is 10.5 Å². The molecule has 0 aliphatic carbocycles. The third-order valence-electron chi connectivity index (χ3n) is 2.25. The minimum absolute atomic E-state index is 0.188. The van der Waals surface area contributed by atoms with Crippen LogP contribution in [-0.2, 0) is 0 Å². The second-order valence-corrected chi connectivity index (χ2v) is 3.41. The summed E-state index contributed by atoms with van der Waals surface area (Å²) in [6, 6.07) is 9.45. The number of ether oxygens (including phenoxy) is 1. The van der Waals surface area contributed by atoms with Crippen molar-refractivity contribution in [1.82, 2.24) is 19.9 Å². The summed E-state index contributed by atoms with van der Waals surface area (Å²) in [4.78, 5) is 15.1. The summed E-state index contributed by atoms with van der Waals surface area (Å²) in [5.41, 5.74) is 6.86. The maximum atomic E-state index is 5.75. The monoisotopic (exact) mass is 227 g/mol. The Morgan fingerprint density at radius 3 is 2.76 bits per heavy atom. The van der Waals surface area contributed by atoms with Crippen molar-refractivity contribution in [2.24, 2.45) is 0 Å². The van der Waals surface area contributed by atoms with Crippen molar-refractivity contribution in [3.05, 3.63) is 36.7 Å². The second-order valence-electron chi connectivity index (χ2n) is 3.41. The zero-order valence-electron chi connectivity index (χ0n) is 8.79. The molecular formula is C11H9N5O. The molecule has 0 aliphatic rings. The number of hydrogen-bond acceptors (Lipinski definition) is 5. The van der Waals surface area contributed by atoms with Crippen LogP contribution in [0.3, 0.4) is 0 Å². The van der Waals surface area contributed by atoms with Gasteiger partial charge in [0.05, 0.1) is 6.33 Å². The summed E-state index contributed by atoms with van der Waals surface area (Å²) < 4.78 is 5.48. The number of nitrogens with one attached hydrogen (secondary N) is 1. The fraction of sp³-hybridized carbons (Fsp3) is 0. The van der Waals surface area contributed by atoms with Gasteiger partial charge < -0.3 is 15.5 Å². The summed E-state index contributed by atoms with van der Waals surface area (Å²) >= 11 is 0. The van der Waals surface area contributed by atoms with Gasteiger partial charge in [0, 0.05) is 0 Å². The minimum atomic E-state index is 0.188. The SMILES string of the molecule is Nc1nc(Oc2ccccc2)nc2nc[nH]c12. The molecule has 0 aliphatic heterocycles. The Labute approximate surface area is 96.5 Å². The lowest BCUT2D eigenvalue weighted by Crippen LogP contribution is -1.98. The molecule has 2 heterocycles. The summed E-state index contributed by atoms with van der Waals surface area (Å²) in [5.74, 6) is 0.972. The number of H-pyrrole nitrogens is 1. The lowest BCUT2D eigenvalue weighted by atomic mass is 10.3. The molecule has 0 radical (unpaired) electrons. The minimum Gasteiger partial charge on any atom is -0.424 e. The van der Waals surface area contributed by atoms with E-state index >= 15 is 0 Å². The lowest BCUT2D eigenvalue weighted by Gasteiger charge is -2.03. The fourth-order valence-corrected chi connectivity index (χ4v) is 1.47. The van der Waals surface area contributed by atoms with E-state index in [2.05, 4.69) is 19.9 Å². The van der Waals surface area contributed by atoms with Crippen molar-refractivity contribution in [2.75, 3.05) is 5.73 Å². The Morgan fingerprint density at radius 1 is 1.12 bits per heavy atom. The summed E-state index contributed by atoms with van der Waals surface area (Å²) in [6.45, 7) is 0. The molecule has 84 valence electrons. The molecule has 0 amide bonds. The first-order chi connectivity index (χ1) is 8.33. The van der Waals surface area contributed by atoms with Gasteiger partial charge >= 0.3 is 6.01 Å². The highest BCUT2D eigenvalue weighted by Crippen LogP contribution is 2.21. The van der Waals surface area contributed by atoms with E-state index in [1.807, 2.05) is 30.3 Å². The largest absolute Gasteiger partial charge is 0.424 e. The van der Waals surface area contributed by atoms with Gasteiger partial charge in [0.15, 0.2) is 11.5 Å². The van der Waals surface area contributed by atoms with Gasteiger partial charge in [-0.1, -0.05) is 18.2 Å². The highest BCUT2D eigenvalue weighted by Gasteiger charge is 2.08. The van der Waals surface area contributed by atoms with Gasteiger partial charge in [-0.3, -0.25) is 0 Å². The molecule has 6 nitrogen and oxygen atoms in total. The first-order valence-corrected chi connectivity index (χ1v) is 5.02. The molecule has 3 rings (SSSR count). The number of hydrogen-bond donors (Lipinski definition) is 2. The highest BCUT2D eigenvalue weighted by molar-refractivity contribution is 5.81. The molecule has 6 heteroatoms. The van der Waals surface area contributed by atoms with E-state index in [1.165, 1.54) is 6.33 Å². The van der Waals surface area contributed by atoms with E-state index in [0.717, 1.165) is 0 Å². The normalized spacial score (nSPS) is 10.6. The summed E-state index contributed by atoms with van der Waals surface area (Å²) in [6.07, 6.45) is 1.52. The maximum absolute atomic E-state index is 5.75. The highest BCUT2D eigenvalue weighted by atomic mass is 16.5. The van der Waals surface area contributed by atoms with Gasteiger partial charge in [0.2, 0.25) is 0 Å². The van der Waals surface area contributed by atoms with E-state index in [0.29, 0.717) is 22.7 Å². The number of benzene rings is 1. The molecule has 3 aromatic rings. The molecule has 0 saturated carbocycles. The van der Waals surface area contributed by atoms with Crippen molar-refractivity contribution in [2.45, 2.75) is 0 Å². The Morgan fingerprint density at radius 2 is 1.94 bits per heavy atom. The Hall–Kier alpha value is -2.63. The quantitative estimate of drug-likeness (QED) is 0.695. The number of aromatic nitrogens is 4. The molecule has 0 unspecified atom stereocenters. The van der Waals surface area contributed by atoms with Crippen LogP contribution < -0.4 is 10.5 Å². The molecule has 2 aromatic heterocycles. The molecular weight excluding hydrogens is 218 g/mol. The number of aromatic amines is 1. The molecule has 1 aromatic carbocycles. The van der Waals surface area contributed by atoms with Gasteiger partial charge in [0.25, 0.3) is 0 Å². The van der Waals surface area contributed by atoms with Crippen LogP contribution in [0.5, 0.6) is 11.8 Å². The van der Waals surface area contributed by atoms with Crippen LogP contribution in [0, 0.1) is 0 Å². The number of nitrogens with two attached hydrogens (primary N) is 1. The zero-order valence-corrected chi connectivity index (χ0v) is 8.79. The number of nitrogens with zero attached hydrogens (tertiary/aromatic N) is 3. The van der Waals surface area contributed by atoms with E-state index in [1.54, 1.807) is 0 Å². The van der Waals surface area contributed by atoms with Crippen LogP contribution in [0.4, 0.5) is 5.82 Å². The Balaban J connectivity index is 2.01. The molecule has 0 bridgehead atoms. The number of rotatable bonds is 2. The van der Waals surface area contributed by atoms with Gasteiger partial charge in [-0.25, -0.2) is 4.98 Å². The molecule has 17 heavy (non-hydrogen) atoms. The zero-order chi connectivity index (χ0) is 11.7. The summed E-state index contributed by atoms with van der Waals surface area (Å²) in [5, 5.41) is 0. The predicted molar refractivity (Wildman–Crippen MR) is 62.6 cm³/mol. The molecule has 3 N–H and O–H groups in total. The fourth-order valence-electron chi connectivity index (χ4n) is 1.47. The van der Waals surface area contributed by atoms with Gasteiger partial charge in [-0.2, -0.15) is 9.97 Å². The van der Waals surface area contributed by atoms with Crippen molar-refractivity contribution >= 4 is 17.0 Å². The van der Waals surface area contributed by atoms with Gasteiger partial charge in [-0.15, -0.1) is 0 Å². The number of fused-ring (bicyclic) bond motifs is 1. The number of imidazole rings is 1. The second kappa shape index (κ2) is 3.75. The summed E-state index contributed by atoms with van der Waals surface area (Å²) in [7, 11) is 0. The van der Waals surface area contributed by atoms with Crippen LogP contribution >= 0.6 is 0 Å². The third kappa shape index (κ3) is 1.76. The lowest BCUT2D eigenvalue weighted by molar-refractivity contribution is 0.445. The average Bonchev–Trinajstić information content (AvgIpc) is 2.79. The molecule has 0 spiro atoms. The van der Waals surface area contributed by atoms with E-state index < -0.39 is 0 Å². The average molecular weight is 227 g/mol. The predicted octanol–water partition coefficient (Wildman–Crippen LogP) is 1.73. The number of anilines is 1. The van der Waals surface area contributed by atoms with Crippen molar-refractivity contribution in [3.8, 4) is 11.8 Å². The van der Waals surface area contributed by atoms with Crippen LogP contribution in [-0.4, -0.2) is 19.9 Å². The van der Waals surface area contributed by atoms with Crippen molar-refractivity contribution < 1.29 is 4.74 Å². The number of nitrogen functional groups attached to an aromatic ring is 1. The van der Waals surface area contributed by atoms with Crippen LogP contribution in [0.2, 0.25) is 0 Å².